The number of nitrogens with zero attached hydrogens (tertiary/aromatic N) is 1. The number of aromatic amines is 1. The molecule has 0 aliphatic rings. The molecule has 96 valence electrons. The van der Waals surface area contributed by atoms with E-state index in [0.29, 0.717) is 5.52 Å². The van der Waals surface area contributed by atoms with E-state index in [9.17, 15) is 13.6 Å². The molecule has 0 fully saturated rings. The van der Waals surface area contributed by atoms with Crippen molar-refractivity contribution in [3.8, 4) is 0 Å². The number of aryl methyl sites for hydroxylation is 1. The maximum atomic E-state index is 13.5. The van der Waals surface area contributed by atoms with E-state index in [4.69, 9.17) is 12.2 Å². The fourth-order valence-electron chi connectivity index (χ4n) is 1.71. The topological polar surface area (TPSA) is 47.0 Å². The number of hydrogen-bond donors (Lipinski definition) is 1. The molecule has 4 nitrogen and oxygen atoms in total. The number of hydrogen-bond acceptors (Lipinski definition) is 3. The Balaban J connectivity index is 2.47. The van der Waals surface area contributed by atoms with Gasteiger partial charge in [-0.2, -0.15) is 0 Å². The molecule has 0 amide bonds. The number of benzene rings is 1. The number of halogens is 2. The van der Waals surface area contributed by atoms with Crippen molar-refractivity contribution in [1.82, 2.24) is 9.55 Å². The third kappa shape index (κ3) is 2.26. The number of rotatable bonds is 3. The number of esters is 1. The van der Waals surface area contributed by atoms with Crippen LogP contribution in [-0.2, 0) is 16.1 Å². The highest BCUT2D eigenvalue weighted by atomic mass is 32.1. The zero-order valence-corrected chi connectivity index (χ0v) is 10.3. The summed E-state index contributed by atoms with van der Waals surface area (Å²) in [5.74, 6) is -1.82. The predicted molar refractivity (Wildman–Crippen MR) is 63.7 cm³/mol. The van der Waals surface area contributed by atoms with Gasteiger partial charge in [-0.15, -0.1) is 0 Å². The standard InChI is InChI=1S/C11H10F2N2O2S/c1-17-9(16)2-3-15-8-5-6(12)4-7(13)10(8)14-11(15)18/h4-5H,2-3H2,1H3,(H,14,18). The number of aromatic nitrogens is 2. The zero-order chi connectivity index (χ0) is 13.3. The van der Waals surface area contributed by atoms with Crippen LogP contribution in [0.25, 0.3) is 11.0 Å². The minimum absolute atomic E-state index is 0.0793. The summed E-state index contributed by atoms with van der Waals surface area (Å²) in [5, 5.41) is 0. The van der Waals surface area contributed by atoms with Crippen LogP contribution >= 0.6 is 12.2 Å². The van der Waals surface area contributed by atoms with Gasteiger partial charge in [0, 0.05) is 12.6 Å². The van der Waals surface area contributed by atoms with Crippen LogP contribution in [0.3, 0.4) is 0 Å². The summed E-state index contributed by atoms with van der Waals surface area (Å²) in [4.78, 5) is 13.7. The van der Waals surface area contributed by atoms with Crippen molar-refractivity contribution >= 4 is 29.2 Å². The molecule has 7 heteroatoms. The molecule has 0 unspecified atom stereocenters. The summed E-state index contributed by atoms with van der Waals surface area (Å²) in [6.45, 7) is 0.203. The minimum atomic E-state index is -0.715. The Morgan fingerprint density at radius 1 is 1.50 bits per heavy atom. The van der Waals surface area contributed by atoms with Gasteiger partial charge in [0.05, 0.1) is 19.0 Å². The molecule has 2 aromatic rings. The molecule has 0 aliphatic carbocycles. The Morgan fingerprint density at radius 2 is 2.22 bits per heavy atom. The number of nitrogens with one attached hydrogen (secondary N) is 1. The van der Waals surface area contributed by atoms with Crippen LogP contribution in [0.4, 0.5) is 8.78 Å². The molecule has 0 aliphatic heterocycles. The van der Waals surface area contributed by atoms with E-state index in [0.717, 1.165) is 6.07 Å². The summed E-state index contributed by atoms with van der Waals surface area (Å²) in [5.41, 5.74) is 0.424. The lowest BCUT2D eigenvalue weighted by molar-refractivity contribution is -0.140. The number of imidazole rings is 1. The van der Waals surface area contributed by atoms with Gasteiger partial charge >= 0.3 is 5.97 Å². The predicted octanol–water partition coefficient (Wildman–Crippen LogP) is 2.54. The molecule has 0 saturated heterocycles. The van der Waals surface area contributed by atoms with E-state index in [1.165, 1.54) is 17.7 Å². The van der Waals surface area contributed by atoms with Gasteiger partial charge in [-0.1, -0.05) is 0 Å². The van der Waals surface area contributed by atoms with Crippen LogP contribution < -0.4 is 0 Å². The molecule has 18 heavy (non-hydrogen) atoms. The number of H-pyrrole nitrogens is 1. The molecular formula is C11H10F2N2O2S. The Kier molecular flexibility index (Phi) is 3.42. The van der Waals surface area contributed by atoms with Crippen molar-refractivity contribution in [2.45, 2.75) is 13.0 Å². The summed E-state index contributed by atoms with van der Waals surface area (Å²) >= 11 is 5.01. The summed E-state index contributed by atoms with van der Waals surface area (Å²) < 4.78 is 32.8. The smallest absolute Gasteiger partial charge is 0.307 e. The van der Waals surface area contributed by atoms with Gasteiger partial charge in [0.1, 0.15) is 11.3 Å². The van der Waals surface area contributed by atoms with Crippen LogP contribution in [0.1, 0.15) is 6.42 Å². The largest absolute Gasteiger partial charge is 0.469 e. The van der Waals surface area contributed by atoms with Crippen LogP contribution in [0.2, 0.25) is 0 Å². The van der Waals surface area contributed by atoms with Gasteiger partial charge < -0.3 is 14.3 Å². The average Bonchev–Trinajstić information content (AvgIpc) is 2.63. The highest BCUT2D eigenvalue weighted by Crippen LogP contribution is 2.19. The van der Waals surface area contributed by atoms with Crippen molar-refractivity contribution in [3.63, 3.8) is 0 Å². The average molecular weight is 272 g/mol. The van der Waals surface area contributed by atoms with Crippen molar-refractivity contribution in [3.05, 3.63) is 28.5 Å². The third-order valence-electron chi connectivity index (χ3n) is 2.57. The normalized spacial score (nSPS) is 10.8. The Bertz CT molecular complexity index is 663. The lowest BCUT2D eigenvalue weighted by atomic mass is 10.3. The van der Waals surface area contributed by atoms with E-state index in [-0.39, 0.29) is 23.3 Å². The molecule has 0 radical (unpaired) electrons. The molecule has 2 rings (SSSR count). The van der Waals surface area contributed by atoms with E-state index < -0.39 is 17.6 Å². The summed E-state index contributed by atoms with van der Waals surface area (Å²) in [7, 11) is 1.27. The molecular weight excluding hydrogens is 262 g/mol. The Morgan fingerprint density at radius 3 is 2.89 bits per heavy atom. The molecule has 0 spiro atoms. The number of carbonyl (C=O) groups is 1. The van der Waals surface area contributed by atoms with Crippen molar-refractivity contribution in [2.75, 3.05) is 7.11 Å². The summed E-state index contributed by atoms with van der Waals surface area (Å²) in [6, 6.07) is 1.94. The van der Waals surface area contributed by atoms with Crippen LogP contribution in [0.15, 0.2) is 12.1 Å². The fourth-order valence-corrected chi connectivity index (χ4v) is 2.00. The monoisotopic (exact) mass is 272 g/mol. The number of carbonyl (C=O) groups excluding carboxylic acids is 1. The van der Waals surface area contributed by atoms with Crippen LogP contribution in [-0.4, -0.2) is 22.6 Å². The van der Waals surface area contributed by atoms with E-state index in [1.807, 2.05) is 0 Å². The van der Waals surface area contributed by atoms with Crippen molar-refractivity contribution < 1.29 is 18.3 Å². The van der Waals surface area contributed by atoms with Gasteiger partial charge in [-0.05, 0) is 18.3 Å². The molecule has 1 aromatic carbocycles. The maximum absolute atomic E-state index is 13.5. The number of ether oxygens (including phenoxy) is 1. The van der Waals surface area contributed by atoms with Crippen LogP contribution in [0, 0.1) is 16.4 Å². The minimum Gasteiger partial charge on any atom is -0.469 e. The fraction of sp³-hybridized carbons (Fsp3) is 0.273. The molecule has 1 aromatic heterocycles. The van der Waals surface area contributed by atoms with Gasteiger partial charge in [0.15, 0.2) is 10.6 Å². The molecule has 1 heterocycles. The first-order chi connectivity index (χ1) is 8.52. The SMILES string of the molecule is COC(=O)CCn1c(=S)[nH]c2c(F)cc(F)cc21. The zero-order valence-electron chi connectivity index (χ0n) is 9.50. The molecule has 0 saturated carbocycles. The molecule has 0 atom stereocenters. The Labute approximate surface area is 106 Å². The van der Waals surface area contributed by atoms with Gasteiger partial charge in [0.2, 0.25) is 0 Å². The molecule has 0 bridgehead atoms. The third-order valence-corrected chi connectivity index (χ3v) is 2.89. The van der Waals surface area contributed by atoms with E-state index >= 15 is 0 Å². The lowest BCUT2D eigenvalue weighted by Crippen LogP contribution is -2.07. The number of fused-ring (bicyclic) bond motifs is 1. The van der Waals surface area contributed by atoms with Gasteiger partial charge in [-0.25, -0.2) is 8.78 Å². The van der Waals surface area contributed by atoms with Gasteiger partial charge in [-0.3, -0.25) is 4.79 Å². The van der Waals surface area contributed by atoms with E-state index in [2.05, 4.69) is 9.72 Å². The quantitative estimate of drug-likeness (QED) is 0.690. The highest BCUT2D eigenvalue weighted by molar-refractivity contribution is 7.71. The highest BCUT2D eigenvalue weighted by Gasteiger charge is 2.12. The number of methoxy groups -OCH3 is 1. The second kappa shape index (κ2) is 4.85. The summed E-state index contributed by atoms with van der Waals surface area (Å²) in [6.07, 6.45) is 0.0793. The Hall–Kier alpha value is -1.76. The molecule has 1 N–H and O–H groups in total. The second-order valence-electron chi connectivity index (χ2n) is 3.69. The second-order valence-corrected chi connectivity index (χ2v) is 4.08. The maximum Gasteiger partial charge on any atom is 0.307 e. The van der Waals surface area contributed by atoms with Gasteiger partial charge in [0.25, 0.3) is 0 Å². The first-order valence-electron chi connectivity index (χ1n) is 5.17. The first-order valence-corrected chi connectivity index (χ1v) is 5.58. The van der Waals surface area contributed by atoms with E-state index in [1.54, 1.807) is 0 Å². The lowest BCUT2D eigenvalue weighted by Gasteiger charge is -2.03. The van der Waals surface area contributed by atoms with Crippen LogP contribution in [0.5, 0.6) is 0 Å². The van der Waals surface area contributed by atoms with Crippen molar-refractivity contribution in [2.24, 2.45) is 0 Å². The first kappa shape index (κ1) is 12.7. The van der Waals surface area contributed by atoms with Crippen molar-refractivity contribution in [1.29, 1.82) is 0 Å².